The highest BCUT2D eigenvalue weighted by molar-refractivity contribution is 5.76. The zero-order valence-corrected chi connectivity index (χ0v) is 17.8. The Labute approximate surface area is 183 Å². The molecule has 1 spiro atoms. The van der Waals surface area contributed by atoms with E-state index < -0.39 is 17.3 Å². The van der Waals surface area contributed by atoms with Gasteiger partial charge in [0, 0.05) is 18.7 Å². The van der Waals surface area contributed by atoms with E-state index in [2.05, 4.69) is 4.98 Å². The fraction of sp³-hybridized carbons (Fsp3) is 0.458. The van der Waals surface area contributed by atoms with E-state index >= 15 is 0 Å². The van der Waals surface area contributed by atoms with Crippen molar-refractivity contribution in [3.05, 3.63) is 65.1 Å². The lowest BCUT2D eigenvalue weighted by atomic mass is 9.79. The minimum absolute atomic E-state index is 0.0426. The smallest absolute Gasteiger partial charge is 0.417 e. The largest absolute Gasteiger partial charge is 0.474 e. The van der Waals surface area contributed by atoms with Crippen LogP contribution in [0.25, 0.3) is 5.57 Å². The van der Waals surface area contributed by atoms with Gasteiger partial charge in [0.05, 0.1) is 29.4 Å². The van der Waals surface area contributed by atoms with Crippen LogP contribution in [0, 0.1) is 11.7 Å². The highest BCUT2D eigenvalue weighted by Crippen LogP contribution is 2.54. The predicted molar refractivity (Wildman–Crippen MR) is 111 cm³/mol. The number of hydrogen-bond acceptors (Lipinski definition) is 4. The maximum atomic E-state index is 13.9. The molecule has 2 aromatic rings. The number of aliphatic hydroxyl groups excluding tert-OH is 1. The van der Waals surface area contributed by atoms with E-state index in [0.717, 1.165) is 17.8 Å². The molecular weight excluding hydrogens is 426 g/mol. The Morgan fingerprint density at radius 2 is 1.94 bits per heavy atom. The lowest BCUT2D eigenvalue weighted by Crippen LogP contribution is -2.33. The third kappa shape index (κ3) is 4.13. The van der Waals surface area contributed by atoms with Crippen LogP contribution in [0.2, 0.25) is 0 Å². The van der Waals surface area contributed by atoms with E-state index in [1.54, 1.807) is 32.1 Å². The standard InChI is InChI=1S/C24H25F4NO3/c1-14(2)32-22-20(19(8-10-29-22)24(26,27)28)17-11-23(31-13-17)9-7-16(12-30)21(23)15-3-5-18(25)6-4-15/h3-6,8,10-11,14,16,21,30H,7,9,12-13H2,1-2H3/t16-,21-,23-/m1/s1. The van der Waals surface area contributed by atoms with Gasteiger partial charge in [-0.2, -0.15) is 13.2 Å². The van der Waals surface area contributed by atoms with Crippen molar-refractivity contribution in [2.24, 2.45) is 5.92 Å². The summed E-state index contributed by atoms with van der Waals surface area (Å²) in [5.74, 6) is -0.938. The second-order valence-electron chi connectivity index (χ2n) is 8.63. The fourth-order valence-corrected chi connectivity index (χ4v) is 4.91. The summed E-state index contributed by atoms with van der Waals surface area (Å²) in [5, 5.41) is 9.94. The molecule has 172 valence electrons. The number of benzene rings is 1. The Hall–Kier alpha value is -2.45. The van der Waals surface area contributed by atoms with Crippen LogP contribution in [-0.2, 0) is 10.9 Å². The van der Waals surface area contributed by atoms with Crippen molar-refractivity contribution in [3.63, 3.8) is 0 Å². The van der Waals surface area contributed by atoms with Crippen LogP contribution in [0.15, 0.2) is 42.6 Å². The summed E-state index contributed by atoms with van der Waals surface area (Å²) in [5.41, 5.74) is -0.706. The van der Waals surface area contributed by atoms with Crippen molar-refractivity contribution in [1.82, 2.24) is 4.98 Å². The van der Waals surface area contributed by atoms with Crippen molar-refractivity contribution in [2.75, 3.05) is 13.2 Å². The van der Waals surface area contributed by atoms with Crippen molar-refractivity contribution < 1.29 is 32.1 Å². The Balaban J connectivity index is 1.82. The molecular formula is C24H25F4NO3. The minimum atomic E-state index is -4.59. The molecule has 1 aromatic heterocycles. The molecule has 1 aliphatic carbocycles. The Morgan fingerprint density at radius 3 is 2.56 bits per heavy atom. The number of hydrogen-bond donors (Lipinski definition) is 1. The summed E-state index contributed by atoms with van der Waals surface area (Å²) < 4.78 is 66.9. The van der Waals surface area contributed by atoms with E-state index in [1.165, 1.54) is 12.1 Å². The summed E-state index contributed by atoms with van der Waals surface area (Å²) in [7, 11) is 0. The zero-order chi connectivity index (χ0) is 23.1. The number of halogens is 4. The van der Waals surface area contributed by atoms with Gasteiger partial charge in [-0.3, -0.25) is 0 Å². The molecule has 2 aliphatic rings. The molecule has 2 heterocycles. The Morgan fingerprint density at radius 1 is 1.22 bits per heavy atom. The first-order valence-corrected chi connectivity index (χ1v) is 10.6. The molecule has 1 aromatic carbocycles. The minimum Gasteiger partial charge on any atom is -0.474 e. The monoisotopic (exact) mass is 451 g/mol. The van der Waals surface area contributed by atoms with Crippen molar-refractivity contribution in [1.29, 1.82) is 0 Å². The van der Waals surface area contributed by atoms with Gasteiger partial charge in [0.15, 0.2) is 0 Å². The van der Waals surface area contributed by atoms with E-state index in [1.807, 2.05) is 0 Å². The van der Waals surface area contributed by atoms with Crippen LogP contribution in [-0.4, -0.2) is 35.0 Å². The second kappa shape index (κ2) is 8.48. The molecule has 0 unspecified atom stereocenters. The third-order valence-electron chi connectivity index (χ3n) is 6.17. The lowest BCUT2D eigenvalue weighted by molar-refractivity contribution is -0.138. The summed E-state index contributed by atoms with van der Waals surface area (Å²) in [4.78, 5) is 4.07. The average Bonchev–Trinajstić information content (AvgIpc) is 3.31. The normalized spacial score (nSPS) is 25.6. The molecule has 4 nitrogen and oxygen atoms in total. The molecule has 1 N–H and O–H groups in total. The van der Waals surface area contributed by atoms with Gasteiger partial charge < -0.3 is 14.6 Å². The zero-order valence-electron chi connectivity index (χ0n) is 17.8. The van der Waals surface area contributed by atoms with Gasteiger partial charge in [0.25, 0.3) is 0 Å². The van der Waals surface area contributed by atoms with Crippen LogP contribution in [0.3, 0.4) is 0 Å². The van der Waals surface area contributed by atoms with Gasteiger partial charge in [0.1, 0.15) is 5.82 Å². The van der Waals surface area contributed by atoms with E-state index in [4.69, 9.17) is 9.47 Å². The molecule has 0 bridgehead atoms. The van der Waals surface area contributed by atoms with Gasteiger partial charge in [-0.15, -0.1) is 0 Å². The van der Waals surface area contributed by atoms with Gasteiger partial charge >= 0.3 is 6.18 Å². The number of pyridine rings is 1. The molecule has 1 aliphatic heterocycles. The van der Waals surface area contributed by atoms with Crippen LogP contribution < -0.4 is 4.74 Å². The van der Waals surface area contributed by atoms with Gasteiger partial charge in [-0.1, -0.05) is 12.1 Å². The first-order chi connectivity index (χ1) is 15.1. The van der Waals surface area contributed by atoms with Crippen LogP contribution in [0.5, 0.6) is 5.88 Å². The topological polar surface area (TPSA) is 51.6 Å². The molecule has 8 heteroatoms. The lowest BCUT2D eigenvalue weighted by Gasteiger charge is -2.32. The number of rotatable bonds is 5. The number of nitrogens with zero attached hydrogens (tertiary/aromatic N) is 1. The van der Waals surface area contributed by atoms with Gasteiger partial charge in [0.2, 0.25) is 5.88 Å². The van der Waals surface area contributed by atoms with Crippen molar-refractivity contribution >= 4 is 5.57 Å². The highest BCUT2D eigenvalue weighted by Gasteiger charge is 2.52. The molecule has 0 radical (unpaired) electrons. The van der Waals surface area contributed by atoms with Crippen molar-refractivity contribution in [2.45, 2.75) is 50.5 Å². The summed E-state index contributed by atoms with van der Waals surface area (Å²) >= 11 is 0. The number of alkyl halides is 3. The molecule has 0 saturated heterocycles. The Kier molecular flexibility index (Phi) is 6.02. The maximum absolute atomic E-state index is 13.9. The summed E-state index contributed by atoms with van der Waals surface area (Å²) in [6.45, 7) is 3.30. The molecule has 4 rings (SSSR count). The van der Waals surface area contributed by atoms with Crippen molar-refractivity contribution in [3.8, 4) is 5.88 Å². The highest BCUT2D eigenvalue weighted by atomic mass is 19.4. The number of ether oxygens (including phenoxy) is 2. The summed E-state index contributed by atoms with van der Waals surface area (Å²) in [6.07, 6.45) is -0.962. The van der Waals surface area contributed by atoms with Gasteiger partial charge in [-0.05, 0) is 68.0 Å². The average molecular weight is 451 g/mol. The first-order valence-electron chi connectivity index (χ1n) is 10.6. The van der Waals surface area contributed by atoms with Crippen LogP contribution in [0.4, 0.5) is 17.6 Å². The SMILES string of the molecule is CC(C)Oc1nccc(C(F)(F)F)c1C1=C[C@@]2(CC[C@H](CO)[C@H]2c2ccc(F)cc2)OC1. The molecule has 3 atom stereocenters. The maximum Gasteiger partial charge on any atom is 0.417 e. The van der Waals surface area contributed by atoms with E-state index in [-0.39, 0.29) is 48.4 Å². The second-order valence-corrected chi connectivity index (χ2v) is 8.63. The van der Waals surface area contributed by atoms with E-state index in [9.17, 15) is 22.7 Å². The summed E-state index contributed by atoms with van der Waals surface area (Å²) in [6, 6.07) is 6.91. The Bertz CT molecular complexity index is 1000. The quantitative estimate of drug-likeness (QED) is 0.622. The molecule has 1 saturated carbocycles. The van der Waals surface area contributed by atoms with Gasteiger partial charge in [-0.25, -0.2) is 9.37 Å². The van der Waals surface area contributed by atoms with E-state index in [0.29, 0.717) is 18.4 Å². The van der Waals surface area contributed by atoms with Crippen LogP contribution in [0.1, 0.15) is 49.3 Å². The predicted octanol–water partition coefficient (Wildman–Crippen LogP) is 5.37. The number of aromatic nitrogens is 1. The fourth-order valence-electron chi connectivity index (χ4n) is 4.91. The molecule has 0 amide bonds. The number of aliphatic hydroxyl groups is 1. The first kappa shape index (κ1) is 22.7. The molecule has 1 fully saturated rings. The van der Waals surface area contributed by atoms with Crippen LogP contribution >= 0.6 is 0 Å². The molecule has 32 heavy (non-hydrogen) atoms. The third-order valence-corrected chi connectivity index (χ3v) is 6.17.